The summed E-state index contributed by atoms with van der Waals surface area (Å²) in [6, 6.07) is 6.56. The maximum Gasteiger partial charge on any atom is 0.270 e. The number of aliphatic hydroxyl groups is 1. The monoisotopic (exact) mass is 290 g/mol. The first-order valence-corrected chi connectivity index (χ1v) is 7.40. The van der Waals surface area contributed by atoms with Crippen molar-refractivity contribution < 1.29 is 14.3 Å². The third-order valence-corrected chi connectivity index (χ3v) is 4.17. The van der Waals surface area contributed by atoms with Crippen LogP contribution in [0, 0.1) is 5.82 Å². The molecule has 1 aromatic carbocycles. The molecule has 1 saturated heterocycles. The summed E-state index contributed by atoms with van der Waals surface area (Å²) in [7, 11) is 0. The van der Waals surface area contributed by atoms with Crippen molar-refractivity contribution in [3.05, 3.63) is 35.8 Å². The molecule has 0 saturated carbocycles. The van der Waals surface area contributed by atoms with Gasteiger partial charge in [-0.05, 0) is 43.9 Å². The minimum Gasteiger partial charge on any atom is -0.396 e. The Morgan fingerprint density at radius 1 is 1.48 bits per heavy atom. The van der Waals surface area contributed by atoms with E-state index >= 15 is 0 Å². The summed E-state index contributed by atoms with van der Waals surface area (Å²) >= 11 is 0. The molecule has 1 atom stereocenters. The maximum absolute atomic E-state index is 13.7. The molecule has 0 radical (unpaired) electrons. The van der Waals surface area contributed by atoms with Gasteiger partial charge in [0.25, 0.3) is 5.91 Å². The molecule has 4 nitrogen and oxygen atoms in total. The smallest absolute Gasteiger partial charge is 0.270 e. The Kier molecular flexibility index (Phi) is 3.92. The highest BCUT2D eigenvalue weighted by Gasteiger charge is 2.29. The molecule has 1 unspecified atom stereocenters. The normalized spacial score (nSPS) is 18.6. The molecule has 21 heavy (non-hydrogen) atoms. The Morgan fingerprint density at radius 3 is 3.10 bits per heavy atom. The average Bonchev–Trinajstić information content (AvgIpc) is 3.11. The van der Waals surface area contributed by atoms with Crippen LogP contribution >= 0.6 is 0 Å². The summed E-state index contributed by atoms with van der Waals surface area (Å²) in [5.41, 5.74) is 1.08. The number of rotatable bonds is 4. The Bertz CT molecular complexity index is 653. The molecule has 5 heteroatoms. The van der Waals surface area contributed by atoms with E-state index in [2.05, 4.69) is 4.98 Å². The van der Waals surface area contributed by atoms with Gasteiger partial charge < -0.3 is 15.0 Å². The summed E-state index contributed by atoms with van der Waals surface area (Å²) in [6.07, 6.45) is 3.48. The number of fused-ring (bicyclic) bond motifs is 1. The minimum absolute atomic E-state index is 0.0777. The summed E-state index contributed by atoms with van der Waals surface area (Å²) in [6.45, 7) is 0.878. The molecule has 112 valence electrons. The van der Waals surface area contributed by atoms with Crippen LogP contribution in [-0.2, 0) is 0 Å². The standard InChI is InChI=1S/C16H19FN2O2/c17-13-6-1-7-14-12(13)10-15(18-14)16(21)19-8-2-4-11(19)5-3-9-20/h1,6-7,10-11,18,20H,2-5,8-9H2. The van der Waals surface area contributed by atoms with Gasteiger partial charge in [0.1, 0.15) is 11.5 Å². The molecule has 3 rings (SSSR count). The lowest BCUT2D eigenvalue weighted by Crippen LogP contribution is -2.35. The number of halogens is 1. The fourth-order valence-corrected chi connectivity index (χ4v) is 3.12. The Balaban J connectivity index is 1.84. The first kappa shape index (κ1) is 14.1. The number of benzene rings is 1. The number of aromatic amines is 1. The molecule has 1 amide bonds. The molecule has 0 aliphatic carbocycles. The van der Waals surface area contributed by atoms with E-state index in [0.29, 0.717) is 23.0 Å². The zero-order valence-electron chi connectivity index (χ0n) is 11.8. The van der Waals surface area contributed by atoms with Crippen molar-refractivity contribution in [2.75, 3.05) is 13.2 Å². The highest BCUT2D eigenvalue weighted by molar-refractivity contribution is 5.98. The fraction of sp³-hybridized carbons (Fsp3) is 0.438. The minimum atomic E-state index is -0.318. The predicted octanol–water partition coefficient (Wildman–Crippen LogP) is 2.68. The van der Waals surface area contributed by atoms with E-state index in [1.165, 1.54) is 6.07 Å². The number of aromatic nitrogens is 1. The topological polar surface area (TPSA) is 56.3 Å². The van der Waals surface area contributed by atoms with Crippen molar-refractivity contribution in [3.8, 4) is 0 Å². The molecule has 1 fully saturated rings. The molecule has 2 N–H and O–H groups in total. The summed E-state index contributed by atoms with van der Waals surface area (Å²) in [5.74, 6) is -0.396. The van der Waals surface area contributed by atoms with Crippen molar-refractivity contribution in [1.29, 1.82) is 0 Å². The zero-order valence-corrected chi connectivity index (χ0v) is 11.8. The fourth-order valence-electron chi connectivity index (χ4n) is 3.12. The van der Waals surface area contributed by atoms with Crippen LogP contribution in [0.3, 0.4) is 0 Å². The van der Waals surface area contributed by atoms with Crippen LogP contribution in [-0.4, -0.2) is 40.1 Å². The Morgan fingerprint density at radius 2 is 2.33 bits per heavy atom. The maximum atomic E-state index is 13.7. The number of nitrogens with zero attached hydrogens (tertiary/aromatic N) is 1. The number of nitrogens with one attached hydrogen (secondary N) is 1. The van der Waals surface area contributed by atoms with Gasteiger partial charge in [0, 0.05) is 30.1 Å². The van der Waals surface area contributed by atoms with Crippen molar-refractivity contribution in [2.45, 2.75) is 31.7 Å². The van der Waals surface area contributed by atoms with Gasteiger partial charge >= 0.3 is 0 Å². The second kappa shape index (κ2) is 5.85. The van der Waals surface area contributed by atoms with Crippen molar-refractivity contribution in [2.24, 2.45) is 0 Å². The molecule has 2 heterocycles. The zero-order chi connectivity index (χ0) is 14.8. The van der Waals surface area contributed by atoms with Gasteiger partial charge in [0.05, 0.1) is 0 Å². The van der Waals surface area contributed by atoms with Gasteiger partial charge in [0.2, 0.25) is 0 Å². The van der Waals surface area contributed by atoms with Crippen LogP contribution < -0.4 is 0 Å². The lowest BCUT2D eigenvalue weighted by atomic mass is 10.1. The third-order valence-electron chi connectivity index (χ3n) is 4.17. The quantitative estimate of drug-likeness (QED) is 0.909. The molecular weight excluding hydrogens is 271 g/mol. The summed E-state index contributed by atoms with van der Waals surface area (Å²) < 4.78 is 13.7. The Hall–Kier alpha value is -1.88. The van der Waals surface area contributed by atoms with Gasteiger partial charge in [-0.15, -0.1) is 0 Å². The number of hydrogen-bond donors (Lipinski definition) is 2. The van der Waals surface area contributed by atoms with Crippen LogP contribution in [0.5, 0.6) is 0 Å². The summed E-state index contributed by atoms with van der Waals surface area (Å²) in [4.78, 5) is 17.5. The van der Waals surface area contributed by atoms with Gasteiger partial charge in [0.15, 0.2) is 0 Å². The van der Waals surface area contributed by atoms with Crippen LogP contribution in [0.25, 0.3) is 10.9 Å². The largest absolute Gasteiger partial charge is 0.396 e. The number of carbonyl (C=O) groups is 1. The Labute approximate surface area is 122 Å². The summed E-state index contributed by atoms with van der Waals surface area (Å²) in [5, 5.41) is 9.39. The van der Waals surface area contributed by atoms with E-state index in [0.717, 1.165) is 25.8 Å². The number of aliphatic hydroxyl groups excluding tert-OH is 1. The lowest BCUT2D eigenvalue weighted by Gasteiger charge is -2.24. The molecule has 0 spiro atoms. The van der Waals surface area contributed by atoms with Crippen LogP contribution in [0.4, 0.5) is 4.39 Å². The second-order valence-corrected chi connectivity index (χ2v) is 5.54. The van der Waals surface area contributed by atoms with Crippen molar-refractivity contribution in [3.63, 3.8) is 0 Å². The molecule has 1 aliphatic rings. The van der Waals surface area contributed by atoms with Gasteiger partial charge in [-0.1, -0.05) is 6.07 Å². The van der Waals surface area contributed by atoms with E-state index in [1.54, 1.807) is 18.2 Å². The molecule has 1 aromatic heterocycles. The van der Waals surface area contributed by atoms with E-state index < -0.39 is 0 Å². The van der Waals surface area contributed by atoms with E-state index in [-0.39, 0.29) is 24.4 Å². The van der Waals surface area contributed by atoms with Gasteiger partial charge in [-0.2, -0.15) is 0 Å². The van der Waals surface area contributed by atoms with Crippen molar-refractivity contribution >= 4 is 16.8 Å². The molecular formula is C16H19FN2O2. The van der Waals surface area contributed by atoms with E-state index in [4.69, 9.17) is 5.11 Å². The van der Waals surface area contributed by atoms with Crippen LogP contribution in [0.15, 0.2) is 24.3 Å². The van der Waals surface area contributed by atoms with E-state index in [1.807, 2.05) is 4.90 Å². The highest BCUT2D eigenvalue weighted by atomic mass is 19.1. The van der Waals surface area contributed by atoms with Gasteiger partial charge in [-0.3, -0.25) is 4.79 Å². The number of H-pyrrole nitrogens is 1. The predicted molar refractivity (Wildman–Crippen MR) is 78.6 cm³/mol. The molecule has 2 aromatic rings. The number of hydrogen-bond acceptors (Lipinski definition) is 2. The van der Waals surface area contributed by atoms with E-state index in [9.17, 15) is 9.18 Å². The number of likely N-dealkylation sites (tertiary alicyclic amines) is 1. The molecule has 1 aliphatic heterocycles. The number of amides is 1. The third kappa shape index (κ3) is 2.65. The lowest BCUT2D eigenvalue weighted by molar-refractivity contribution is 0.0719. The SMILES string of the molecule is O=C(c1cc2c(F)cccc2[nH]1)N1CCCC1CCCO. The van der Waals surface area contributed by atoms with Crippen molar-refractivity contribution in [1.82, 2.24) is 9.88 Å². The highest BCUT2D eigenvalue weighted by Crippen LogP contribution is 2.25. The first-order chi connectivity index (χ1) is 10.2. The molecule has 0 bridgehead atoms. The average molecular weight is 290 g/mol. The van der Waals surface area contributed by atoms with Crippen LogP contribution in [0.2, 0.25) is 0 Å². The van der Waals surface area contributed by atoms with Gasteiger partial charge in [-0.25, -0.2) is 4.39 Å². The first-order valence-electron chi connectivity index (χ1n) is 7.40. The van der Waals surface area contributed by atoms with Crippen LogP contribution in [0.1, 0.15) is 36.2 Å². The second-order valence-electron chi connectivity index (χ2n) is 5.54. The number of carbonyl (C=O) groups excluding carboxylic acids is 1.